The molecule has 0 amide bonds. The summed E-state index contributed by atoms with van der Waals surface area (Å²) in [5.41, 5.74) is 4.88. The molecule has 3 aromatic carbocycles. The van der Waals surface area contributed by atoms with Crippen LogP contribution in [-0.2, 0) is 11.2 Å². The Balaban J connectivity index is 1.32. The normalized spacial score (nSPS) is 11.7. The van der Waals surface area contributed by atoms with E-state index in [2.05, 4.69) is 58.5 Å². The molecule has 0 N–H and O–H groups in total. The summed E-state index contributed by atoms with van der Waals surface area (Å²) in [6.45, 7) is 8.16. The molecule has 0 aliphatic heterocycles. The van der Waals surface area contributed by atoms with Crippen LogP contribution in [0, 0.1) is 0 Å². The van der Waals surface area contributed by atoms with Crippen molar-refractivity contribution in [3.05, 3.63) is 132 Å². The molecule has 0 fully saturated rings. The predicted molar refractivity (Wildman–Crippen MR) is 158 cm³/mol. The molecule has 196 valence electrons. The quantitative estimate of drug-likeness (QED) is 0.199. The monoisotopic (exact) mass is 534 g/mol. The average Bonchev–Trinajstić information content (AvgIpc) is 2.93. The SMILES string of the molecule is CC(C)(Oc1cc(Cl)cc(OC(C)(C)c2ccc(-c3ccccn3)cc2)c1)c1ccc(-c2ccccn2)cc1. The molecule has 5 heteroatoms. The van der Waals surface area contributed by atoms with Gasteiger partial charge >= 0.3 is 0 Å². The minimum Gasteiger partial charge on any atom is -0.483 e. The zero-order valence-electron chi connectivity index (χ0n) is 22.6. The number of pyridine rings is 2. The number of hydrogen-bond acceptors (Lipinski definition) is 4. The molecular weight excluding hydrogens is 504 g/mol. The summed E-state index contributed by atoms with van der Waals surface area (Å²) in [6.07, 6.45) is 3.60. The number of nitrogens with zero attached hydrogens (tertiary/aromatic N) is 2. The van der Waals surface area contributed by atoms with E-state index in [9.17, 15) is 0 Å². The van der Waals surface area contributed by atoms with Gasteiger partial charge in [0.15, 0.2) is 0 Å². The van der Waals surface area contributed by atoms with Crippen LogP contribution in [0.3, 0.4) is 0 Å². The Labute approximate surface area is 235 Å². The molecule has 2 heterocycles. The lowest BCUT2D eigenvalue weighted by atomic mass is 9.96. The average molecular weight is 535 g/mol. The van der Waals surface area contributed by atoms with Crippen LogP contribution in [0.4, 0.5) is 0 Å². The summed E-state index contributed by atoms with van der Waals surface area (Å²) < 4.78 is 12.9. The first kappa shape index (κ1) is 26.5. The van der Waals surface area contributed by atoms with Crippen molar-refractivity contribution in [1.29, 1.82) is 0 Å². The van der Waals surface area contributed by atoms with Gasteiger partial charge in [-0.15, -0.1) is 0 Å². The molecule has 0 aliphatic carbocycles. The van der Waals surface area contributed by atoms with Crippen LogP contribution >= 0.6 is 11.6 Å². The van der Waals surface area contributed by atoms with E-state index < -0.39 is 11.2 Å². The number of benzene rings is 3. The lowest BCUT2D eigenvalue weighted by molar-refractivity contribution is 0.0991. The molecule has 0 unspecified atom stereocenters. The molecule has 0 atom stereocenters. The number of rotatable bonds is 8. The maximum absolute atomic E-state index is 6.50. The van der Waals surface area contributed by atoms with Crippen LogP contribution in [0.1, 0.15) is 38.8 Å². The van der Waals surface area contributed by atoms with Crippen molar-refractivity contribution in [3.63, 3.8) is 0 Å². The zero-order valence-corrected chi connectivity index (χ0v) is 23.3. The highest BCUT2D eigenvalue weighted by Crippen LogP contribution is 2.36. The van der Waals surface area contributed by atoms with Gasteiger partial charge in [-0.25, -0.2) is 0 Å². The largest absolute Gasteiger partial charge is 0.483 e. The van der Waals surface area contributed by atoms with Crippen molar-refractivity contribution in [1.82, 2.24) is 9.97 Å². The molecule has 0 bridgehead atoms. The number of aromatic nitrogens is 2. The van der Waals surface area contributed by atoms with Crippen molar-refractivity contribution >= 4 is 11.6 Å². The number of ether oxygens (including phenoxy) is 2. The van der Waals surface area contributed by atoms with Crippen LogP contribution < -0.4 is 9.47 Å². The van der Waals surface area contributed by atoms with Gasteiger partial charge in [0, 0.05) is 34.6 Å². The van der Waals surface area contributed by atoms with Gasteiger partial charge in [0.25, 0.3) is 0 Å². The van der Waals surface area contributed by atoms with Crippen molar-refractivity contribution in [2.24, 2.45) is 0 Å². The lowest BCUT2D eigenvalue weighted by Gasteiger charge is -2.29. The van der Waals surface area contributed by atoms with Crippen molar-refractivity contribution in [3.8, 4) is 34.0 Å². The summed E-state index contributed by atoms with van der Waals surface area (Å²) in [6, 6.07) is 33.9. The Morgan fingerprint density at radius 1 is 0.538 bits per heavy atom. The Morgan fingerprint density at radius 3 is 1.31 bits per heavy atom. The molecule has 0 saturated heterocycles. The minimum absolute atomic E-state index is 0.546. The van der Waals surface area contributed by atoms with E-state index in [1.807, 2.05) is 82.3 Å². The molecule has 0 saturated carbocycles. The van der Waals surface area contributed by atoms with Gasteiger partial charge in [0.05, 0.1) is 11.4 Å². The molecule has 2 aromatic heterocycles. The highest BCUT2D eigenvalue weighted by molar-refractivity contribution is 6.30. The van der Waals surface area contributed by atoms with Crippen molar-refractivity contribution in [2.45, 2.75) is 38.9 Å². The molecule has 0 aliphatic rings. The highest BCUT2D eigenvalue weighted by Gasteiger charge is 2.26. The third-order valence-corrected chi connectivity index (χ3v) is 6.89. The van der Waals surface area contributed by atoms with E-state index in [-0.39, 0.29) is 0 Å². The summed E-state index contributed by atoms with van der Waals surface area (Å²) in [5, 5.41) is 0.546. The first-order valence-electron chi connectivity index (χ1n) is 12.9. The van der Waals surface area contributed by atoms with Crippen LogP contribution in [0.5, 0.6) is 11.5 Å². The summed E-state index contributed by atoms with van der Waals surface area (Å²) in [4.78, 5) is 8.87. The Kier molecular flexibility index (Phi) is 7.40. The number of halogens is 1. The van der Waals surface area contributed by atoms with E-state index in [0.717, 1.165) is 33.6 Å². The maximum Gasteiger partial charge on any atom is 0.128 e. The third-order valence-electron chi connectivity index (χ3n) is 6.67. The summed E-state index contributed by atoms with van der Waals surface area (Å²) >= 11 is 6.50. The summed E-state index contributed by atoms with van der Waals surface area (Å²) in [7, 11) is 0. The second-order valence-corrected chi connectivity index (χ2v) is 10.9. The summed E-state index contributed by atoms with van der Waals surface area (Å²) in [5.74, 6) is 1.27. The van der Waals surface area contributed by atoms with Gasteiger partial charge < -0.3 is 9.47 Å². The molecule has 4 nitrogen and oxygen atoms in total. The Bertz CT molecular complexity index is 1420. The first-order valence-corrected chi connectivity index (χ1v) is 13.3. The molecule has 5 aromatic rings. The van der Waals surface area contributed by atoms with Gasteiger partial charge in [0.2, 0.25) is 0 Å². The minimum atomic E-state index is -0.596. The second kappa shape index (κ2) is 10.9. The highest BCUT2D eigenvalue weighted by atomic mass is 35.5. The molecule has 0 spiro atoms. The first-order chi connectivity index (χ1) is 18.7. The van der Waals surface area contributed by atoms with E-state index in [4.69, 9.17) is 21.1 Å². The third kappa shape index (κ3) is 6.30. The maximum atomic E-state index is 6.50. The second-order valence-electron chi connectivity index (χ2n) is 10.4. The van der Waals surface area contributed by atoms with E-state index in [1.54, 1.807) is 12.4 Å². The van der Waals surface area contributed by atoms with Gasteiger partial charge in [-0.05, 0) is 75.2 Å². The number of hydrogen-bond donors (Lipinski definition) is 0. The van der Waals surface area contributed by atoms with E-state index in [1.165, 1.54) is 0 Å². The lowest BCUT2D eigenvalue weighted by Crippen LogP contribution is -2.26. The Hall–Kier alpha value is -4.15. The van der Waals surface area contributed by atoms with E-state index in [0.29, 0.717) is 16.5 Å². The van der Waals surface area contributed by atoms with Gasteiger partial charge in [0.1, 0.15) is 22.7 Å². The zero-order chi connectivity index (χ0) is 27.5. The Morgan fingerprint density at radius 2 is 0.949 bits per heavy atom. The van der Waals surface area contributed by atoms with Crippen LogP contribution in [-0.4, -0.2) is 9.97 Å². The van der Waals surface area contributed by atoms with E-state index >= 15 is 0 Å². The molecular formula is C34H31ClN2O2. The molecule has 0 radical (unpaired) electrons. The smallest absolute Gasteiger partial charge is 0.128 e. The van der Waals surface area contributed by atoms with Gasteiger partial charge in [-0.1, -0.05) is 72.3 Å². The topological polar surface area (TPSA) is 44.2 Å². The fourth-order valence-corrected chi connectivity index (χ4v) is 4.73. The van der Waals surface area contributed by atoms with Gasteiger partial charge in [-0.3, -0.25) is 9.97 Å². The van der Waals surface area contributed by atoms with Crippen molar-refractivity contribution < 1.29 is 9.47 Å². The van der Waals surface area contributed by atoms with Crippen LogP contribution in [0.25, 0.3) is 22.5 Å². The standard InChI is InChI=1S/C34H31ClN2O2/c1-33(2,26-15-11-24(12-16-26)31-9-5-7-19-36-31)38-29-21-28(35)22-30(23-29)39-34(3,4)27-17-13-25(14-18-27)32-10-6-8-20-37-32/h5-23H,1-4H3. The fraction of sp³-hybridized carbons (Fsp3) is 0.176. The van der Waals surface area contributed by atoms with Crippen LogP contribution in [0.15, 0.2) is 116 Å². The molecule has 39 heavy (non-hydrogen) atoms. The van der Waals surface area contributed by atoms with Crippen molar-refractivity contribution in [2.75, 3.05) is 0 Å². The van der Waals surface area contributed by atoms with Gasteiger partial charge in [-0.2, -0.15) is 0 Å². The van der Waals surface area contributed by atoms with Crippen LogP contribution in [0.2, 0.25) is 5.02 Å². The predicted octanol–water partition coefficient (Wildman–Crippen LogP) is 9.09. The molecule has 5 rings (SSSR count). The fourth-order valence-electron chi connectivity index (χ4n) is 4.51.